The van der Waals surface area contributed by atoms with Gasteiger partial charge >= 0.3 is 0 Å². The monoisotopic (exact) mass is 335 g/mol. The zero-order valence-corrected chi connectivity index (χ0v) is 13.4. The first-order valence-corrected chi connectivity index (χ1v) is 8.37. The minimum absolute atomic E-state index is 0.0330. The number of nitrogens with zero attached hydrogens (tertiary/aromatic N) is 2. The smallest absolute Gasteiger partial charge is 0.273 e. The molecular weight excluding hydrogens is 317 g/mol. The Kier molecular flexibility index (Phi) is 5.32. The van der Waals surface area contributed by atoms with Gasteiger partial charge in [0, 0.05) is 31.6 Å². The number of ether oxygens (including phenoxy) is 1. The fourth-order valence-electron chi connectivity index (χ4n) is 2.33. The average Bonchev–Trinajstić information content (AvgIpc) is 3.06. The van der Waals surface area contributed by atoms with Crippen molar-refractivity contribution in [2.24, 2.45) is 0 Å². The summed E-state index contributed by atoms with van der Waals surface area (Å²) in [6.07, 6.45) is 0. The molecule has 1 N–H and O–H groups in total. The van der Waals surface area contributed by atoms with Crippen LogP contribution in [-0.2, 0) is 17.8 Å². The number of carbonyl (C=O) groups is 1. The number of aromatic nitrogens is 1. The second-order valence-corrected chi connectivity index (χ2v) is 6.20. The van der Waals surface area contributed by atoms with Crippen molar-refractivity contribution in [3.05, 3.63) is 51.7 Å². The molecule has 1 aliphatic heterocycles. The van der Waals surface area contributed by atoms with Crippen LogP contribution in [0.2, 0.25) is 0 Å². The van der Waals surface area contributed by atoms with Gasteiger partial charge in [-0.3, -0.25) is 4.79 Å². The highest BCUT2D eigenvalue weighted by Gasteiger charge is 2.20. The standard InChI is InChI=1S/C16H18FN3O2S/c17-13-3-1-12(2-4-13)9-18-10-15-19-14(11-23-15)16(21)20-5-7-22-8-6-20/h1-4,11,18H,5-10H2. The topological polar surface area (TPSA) is 54.5 Å². The Bertz CT molecular complexity index is 654. The van der Waals surface area contributed by atoms with Gasteiger partial charge in [0.25, 0.3) is 5.91 Å². The van der Waals surface area contributed by atoms with Crippen molar-refractivity contribution in [2.75, 3.05) is 26.3 Å². The Balaban J connectivity index is 1.50. The number of benzene rings is 1. The number of amides is 1. The van der Waals surface area contributed by atoms with Gasteiger partial charge in [-0.25, -0.2) is 9.37 Å². The number of halogens is 1. The van der Waals surface area contributed by atoms with Crippen LogP contribution in [0, 0.1) is 5.82 Å². The number of rotatable bonds is 5. The summed E-state index contributed by atoms with van der Waals surface area (Å²) >= 11 is 1.47. The van der Waals surface area contributed by atoms with E-state index in [1.807, 2.05) is 0 Å². The predicted octanol–water partition coefficient (Wildman–Crippen LogP) is 2.04. The van der Waals surface area contributed by atoms with Crippen molar-refractivity contribution in [3.63, 3.8) is 0 Å². The van der Waals surface area contributed by atoms with Crippen molar-refractivity contribution >= 4 is 17.2 Å². The first-order valence-electron chi connectivity index (χ1n) is 7.49. The summed E-state index contributed by atoms with van der Waals surface area (Å²) in [6.45, 7) is 3.62. The Morgan fingerprint density at radius 2 is 2.00 bits per heavy atom. The normalized spacial score (nSPS) is 14.9. The minimum atomic E-state index is -0.236. The molecule has 0 saturated carbocycles. The van der Waals surface area contributed by atoms with E-state index in [2.05, 4.69) is 10.3 Å². The molecule has 1 aromatic heterocycles. The molecule has 0 spiro atoms. The largest absolute Gasteiger partial charge is 0.378 e. The minimum Gasteiger partial charge on any atom is -0.378 e. The van der Waals surface area contributed by atoms with Crippen LogP contribution in [0.4, 0.5) is 4.39 Å². The third-order valence-corrected chi connectivity index (χ3v) is 4.44. The molecule has 1 fully saturated rings. The van der Waals surface area contributed by atoms with Crippen molar-refractivity contribution < 1.29 is 13.9 Å². The molecule has 1 aliphatic rings. The van der Waals surface area contributed by atoms with E-state index in [0.29, 0.717) is 45.1 Å². The number of morpholine rings is 1. The van der Waals surface area contributed by atoms with Gasteiger partial charge in [0.05, 0.1) is 13.2 Å². The van der Waals surface area contributed by atoms with Crippen LogP contribution >= 0.6 is 11.3 Å². The summed E-state index contributed by atoms with van der Waals surface area (Å²) in [5.41, 5.74) is 1.50. The van der Waals surface area contributed by atoms with Crippen LogP contribution in [0.25, 0.3) is 0 Å². The van der Waals surface area contributed by atoms with E-state index < -0.39 is 0 Å². The molecule has 23 heavy (non-hydrogen) atoms. The molecule has 0 unspecified atom stereocenters. The number of thiazole rings is 1. The molecule has 7 heteroatoms. The lowest BCUT2D eigenvalue weighted by Crippen LogP contribution is -2.40. The predicted molar refractivity (Wildman–Crippen MR) is 85.8 cm³/mol. The highest BCUT2D eigenvalue weighted by atomic mass is 32.1. The third kappa shape index (κ3) is 4.34. The molecule has 0 bridgehead atoms. The van der Waals surface area contributed by atoms with Gasteiger partial charge in [-0.15, -0.1) is 11.3 Å². The fourth-order valence-corrected chi connectivity index (χ4v) is 3.07. The summed E-state index contributed by atoms with van der Waals surface area (Å²) < 4.78 is 18.1. The molecule has 122 valence electrons. The van der Waals surface area contributed by atoms with E-state index in [-0.39, 0.29) is 11.7 Å². The number of hydrogen-bond acceptors (Lipinski definition) is 5. The van der Waals surface area contributed by atoms with E-state index in [4.69, 9.17) is 4.74 Å². The zero-order chi connectivity index (χ0) is 16.1. The third-order valence-electron chi connectivity index (χ3n) is 3.59. The van der Waals surface area contributed by atoms with Crippen LogP contribution < -0.4 is 5.32 Å². The summed E-state index contributed by atoms with van der Waals surface area (Å²) in [6, 6.07) is 6.38. The van der Waals surface area contributed by atoms with Gasteiger partial charge in [-0.05, 0) is 17.7 Å². The number of nitrogens with one attached hydrogen (secondary N) is 1. The first-order chi connectivity index (χ1) is 11.2. The van der Waals surface area contributed by atoms with Crippen molar-refractivity contribution in [2.45, 2.75) is 13.1 Å². The van der Waals surface area contributed by atoms with E-state index in [1.165, 1.54) is 23.5 Å². The zero-order valence-electron chi connectivity index (χ0n) is 12.6. The second-order valence-electron chi connectivity index (χ2n) is 5.26. The molecule has 5 nitrogen and oxygen atoms in total. The molecular formula is C16H18FN3O2S. The maximum atomic E-state index is 12.8. The lowest BCUT2D eigenvalue weighted by molar-refractivity contribution is 0.0299. The van der Waals surface area contributed by atoms with Gasteiger partial charge < -0.3 is 15.0 Å². The lowest BCUT2D eigenvalue weighted by atomic mass is 10.2. The van der Waals surface area contributed by atoms with E-state index in [0.717, 1.165) is 10.6 Å². The SMILES string of the molecule is O=C(c1csc(CNCc2ccc(F)cc2)n1)N1CCOCC1. The van der Waals surface area contributed by atoms with E-state index >= 15 is 0 Å². The van der Waals surface area contributed by atoms with E-state index in [9.17, 15) is 9.18 Å². The lowest BCUT2D eigenvalue weighted by Gasteiger charge is -2.25. The van der Waals surface area contributed by atoms with Crippen molar-refractivity contribution in [1.29, 1.82) is 0 Å². The van der Waals surface area contributed by atoms with Gasteiger partial charge in [-0.2, -0.15) is 0 Å². The summed E-state index contributed by atoms with van der Waals surface area (Å²) in [5.74, 6) is -0.269. The number of hydrogen-bond donors (Lipinski definition) is 1. The van der Waals surface area contributed by atoms with Crippen molar-refractivity contribution in [1.82, 2.24) is 15.2 Å². The van der Waals surface area contributed by atoms with Crippen LogP contribution in [0.5, 0.6) is 0 Å². The van der Waals surface area contributed by atoms with Gasteiger partial charge in [0.2, 0.25) is 0 Å². The van der Waals surface area contributed by atoms with Crippen LogP contribution in [0.1, 0.15) is 21.1 Å². The van der Waals surface area contributed by atoms with E-state index in [1.54, 1.807) is 22.4 Å². The molecule has 3 rings (SSSR count). The van der Waals surface area contributed by atoms with Crippen molar-refractivity contribution in [3.8, 4) is 0 Å². The molecule has 1 aromatic carbocycles. The first kappa shape index (κ1) is 16.0. The molecule has 1 amide bonds. The maximum absolute atomic E-state index is 12.8. The number of carbonyl (C=O) groups excluding carboxylic acids is 1. The summed E-state index contributed by atoms with van der Waals surface area (Å²) in [5, 5.41) is 5.91. The molecule has 0 atom stereocenters. The van der Waals surface area contributed by atoms with Crippen LogP contribution in [0.3, 0.4) is 0 Å². The van der Waals surface area contributed by atoms with Gasteiger partial charge in [0.15, 0.2) is 0 Å². The average molecular weight is 335 g/mol. The Morgan fingerprint density at radius 1 is 1.26 bits per heavy atom. The Labute approximate surface area is 138 Å². The highest BCUT2D eigenvalue weighted by molar-refractivity contribution is 7.09. The summed E-state index contributed by atoms with van der Waals surface area (Å²) in [7, 11) is 0. The Morgan fingerprint density at radius 3 is 2.74 bits per heavy atom. The van der Waals surface area contributed by atoms with Crippen LogP contribution in [0.15, 0.2) is 29.6 Å². The highest BCUT2D eigenvalue weighted by Crippen LogP contribution is 2.13. The van der Waals surface area contributed by atoms with Gasteiger partial charge in [0.1, 0.15) is 16.5 Å². The quantitative estimate of drug-likeness (QED) is 0.909. The second kappa shape index (κ2) is 7.63. The van der Waals surface area contributed by atoms with Crippen LogP contribution in [-0.4, -0.2) is 42.1 Å². The summed E-state index contributed by atoms with van der Waals surface area (Å²) in [4.78, 5) is 18.5. The maximum Gasteiger partial charge on any atom is 0.273 e. The molecule has 0 aliphatic carbocycles. The fraction of sp³-hybridized carbons (Fsp3) is 0.375. The molecule has 2 aromatic rings. The van der Waals surface area contributed by atoms with Gasteiger partial charge in [-0.1, -0.05) is 12.1 Å². The molecule has 2 heterocycles. The molecule has 0 radical (unpaired) electrons. The molecule has 1 saturated heterocycles. The Hall–Kier alpha value is -1.83.